The molecule has 0 unspecified atom stereocenters. The van der Waals surface area contributed by atoms with Crippen molar-refractivity contribution in [1.82, 2.24) is 14.8 Å². The molecule has 1 amide bonds. The summed E-state index contributed by atoms with van der Waals surface area (Å²) in [6.07, 6.45) is 4.29. The molecule has 2 aliphatic rings. The number of carbonyl (C=O) groups is 1. The maximum absolute atomic E-state index is 12.9. The van der Waals surface area contributed by atoms with Crippen LogP contribution in [0.25, 0.3) is 0 Å². The molecule has 3 heterocycles. The van der Waals surface area contributed by atoms with Crippen molar-refractivity contribution in [3.63, 3.8) is 0 Å². The summed E-state index contributed by atoms with van der Waals surface area (Å²) >= 11 is 6.05. The third-order valence-corrected chi connectivity index (χ3v) is 6.57. The Morgan fingerprint density at radius 1 is 1.15 bits per heavy atom. The van der Waals surface area contributed by atoms with Crippen LogP contribution in [0.2, 0.25) is 5.15 Å². The van der Waals surface area contributed by atoms with Gasteiger partial charge in [-0.15, -0.1) is 6.58 Å². The predicted octanol–water partition coefficient (Wildman–Crippen LogP) is 4.35. The number of benzene rings is 1. The van der Waals surface area contributed by atoms with Crippen LogP contribution in [-0.4, -0.2) is 73.1 Å². The fourth-order valence-corrected chi connectivity index (χ4v) is 4.89. The Hall–Kier alpha value is -2.41. The quantitative estimate of drug-likeness (QED) is 0.426. The van der Waals surface area contributed by atoms with E-state index in [1.165, 1.54) is 24.1 Å². The highest BCUT2D eigenvalue weighted by atomic mass is 35.5. The molecule has 0 aliphatic carbocycles. The molecule has 1 aromatic heterocycles. The average molecular weight is 469 g/mol. The van der Waals surface area contributed by atoms with Crippen molar-refractivity contribution in [2.45, 2.75) is 25.9 Å². The summed E-state index contributed by atoms with van der Waals surface area (Å²) in [5.41, 5.74) is 3.83. The van der Waals surface area contributed by atoms with E-state index in [1.54, 1.807) is 18.2 Å². The molecule has 2 fully saturated rings. The van der Waals surface area contributed by atoms with Crippen LogP contribution in [0.4, 0.5) is 5.69 Å². The Morgan fingerprint density at radius 2 is 1.91 bits per heavy atom. The molecular weight excluding hydrogens is 436 g/mol. The maximum Gasteiger partial charge on any atom is 0.254 e. The Kier molecular flexibility index (Phi) is 8.02. The summed E-state index contributed by atoms with van der Waals surface area (Å²) in [4.78, 5) is 23.8. The summed E-state index contributed by atoms with van der Waals surface area (Å²) < 4.78 is 6.19. The minimum absolute atomic E-state index is 0.0137. The van der Waals surface area contributed by atoms with Crippen LogP contribution in [0.15, 0.2) is 49.1 Å². The van der Waals surface area contributed by atoms with E-state index in [0.29, 0.717) is 30.4 Å². The van der Waals surface area contributed by atoms with E-state index in [1.807, 2.05) is 11.8 Å². The number of aromatic nitrogens is 1. The van der Waals surface area contributed by atoms with Gasteiger partial charge in [-0.25, -0.2) is 4.98 Å². The van der Waals surface area contributed by atoms with E-state index >= 15 is 0 Å². The molecule has 33 heavy (non-hydrogen) atoms. The van der Waals surface area contributed by atoms with Crippen molar-refractivity contribution in [3.05, 3.63) is 71.0 Å². The Bertz CT molecular complexity index is 948. The van der Waals surface area contributed by atoms with E-state index < -0.39 is 0 Å². The second kappa shape index (κ2) is 11.1. The van der Waals surface area contributed by atoms with Crippen molar-refractivity contribution < 1.29 is 9.53 Å². The molecule has 0 radical (unpaired) electrons. The van der Waals surface area contributed by atoms with Gasteiger partial charge in [0, 0.05) is 62.8 Å². The van der Waals surface area contributed by atoms with Crippen LogP contribution in [0.1, 0.15) is 40.6 Å². The zero-order valence-electron chi connectivity index (χ0n) is 19.4. The molecule has 2 aromatic rings. The minimum atomic E-state index is -0.0329. The minimum Gasteiger partial charge on any atom is -0.372 e. The van der Waals surface area contributed by atoms with Crippen molar-refractivity contribution >= 4 is 23.2 Å². The first kappa shape index (κ1) is 23.7. The molecule has 2 saturated heterocycles. The highest BCUT2D eigenvalue weighted by Gasteiger charge is 2.25. The summed E-state index contributed by atoms with van der Waals surface area (Å²) in [6, 6.07) is 12.2. The van der Waals surface area contributed by atoms with E-state index in [0.717, 1.165) is 38.4 Å². The zero-order chi connectivity index (χ0) is 23.2. The van der Waals surface area contributed by atoms with Crippen molar-refractivity contribution in [1.29, 1.82) is 0 Å². The SMILES string of the molecule is C=CCO[C@@H](CN1CCN(C(=O)c2cc(C)nc(Cl)c2)CC1)c1cccc(N2CCCC2)c1. The van der Waals surface area contributed by atoms with E-state index in [-0.39, 0.29) is 12.0 Å². The molecular formula is C26H33ClN4O2. The van der Waals surface area contributed by atoms with Gasteiger partial charge in [0.1, 0.15) is 5.15 Å². The number of hydrogen-bond donors (Lipinski definition) is 0. The van der Waals surface area contributed by atoms with Crippen molar-refractivity contribution in [3.8, 4) is 0 Å². The highest BCUT2D eigenvalue weighted by Crippen LogP contribution is 2.27. The molecule has 0 bridgehead atoms. The molecule has 176 valence electrons. The first-order chi connectivity index (χ1) is 16.0. The molecule has 0 N–H and O–H groups in total. The smallest absolute Gasteiger partial charge is 0.254 e. The number of aryl methyl sites for hydroxylation is 1. The van der Waals surface area contributed by atoms with E-state index in [9.17, 15) is 4.79 Å². The standard InChI is InChI=1S/C26H33ClN4O2/c1-3-15-33-24(21-7-6-8-23(17-21)30-9-4-5-10-30)19-29-11-13-31(14-12-29)26(32)22-16-20(2)28-25(27)18-22/h3,6-8,16-18,24H,1,4-5,9-15,19H2,2H3/t24-/m0/s1. The van der Waals surface area contributed by atoms with Gasteiger partial charge in [0.25, 0.3) is 5.91 Å². The number of carbonyl (C=O) groups excluding carboxylic acids is 1. The van der Waals surface area contributed by atoms with Crippen LogP contribution in [0.3, 0.4) is 0 Å². The van der Waals surface area contributed by atoms with Gasteiger partial charge in [0.2, 0.25) is 0 Å². The van der Waals surface area contributed by atoms with Crippen LogP contribution in [0.5, 0.6) is 0 Å². The number of nitrogens with zero attached hydrogens (tertiary/aromatic N) is 4. The number of pyridine rings is 1. The van der Waals surface area contributed by atoms with E-state index in [2.05, 4.69) is 45.6 Å². The molecule has 1 aromatic carbocycles. The van der Waals surface area contributed by atoms with Crippen LogP contribution >= 0.6 is 11.6 Å². The van der Waals surface area contributed by atoms with Gasteiger partial charge >= 0.3 is 0 Å². The monoisotopic (exact) mass is 468 g/mol. The van der Waals surface area contributed by atoms with Gasteiger partial charge in [0.05, 0.1) is 12.7 Å². The Balaban J connectivity index is 1.39. The van der Waals surface area contributed by atoms with Gasteiger partial charge in [-0.05, 0) is 49.6 Å². The average Bonchev–Trinajstić information content (AvgIpc) is 3.36. The fraction of sp³-hybridized carbons (Fsp3) is 0.462. The zero-order valence-corrected chi connectivity index (χ0v) is 20.1. The lowest BCUT2D eigenvalue weighted by Crippen LogP contribution is -2.49. The molecule has 4 rings (SSSR count). The lowest BCUT2D eigenvalue weighted by atomic mass is 10.1. The first-order valence-corrected chi connectivity index (χ1v) is 12.1. The van der Waals surface area contributed by atoms with Crippen LogP contribution in [0, 0.1) is 6.92 Å². The van der Waals surface area contributed by atoms with Gasteiger partial charge in [-0.3, -0.25) is 9.69 Å². The number of piperazine rings is 1. The number of ether oxygens (including phenoxy) is 1. The first-order valence-electron chi connectivity index (χ1n) is 11.8. The largest absolute Gasteiger partial charge is 0.372 e. The number of halogens is 1. The van der Waals surface area contributed by atoms with Gasteiger partial charge < -0.3 is 14.5 Å². The third-order valence-electron chi connectivity index (χ3n) is 6.38. The van der Waals surface area contributed by atoms with Gasteiger partial charge in [-0.1, -0.05) is 29.8 Å². The van der Waals surface area contributed by atoms with Crippen molar-refractivity contribution in [2.24, 2.45) is 0 Å². The van der Waals surface area contributed by atoms with Crippen LogP contribution < -0.4 is 4.90 Å². The Labute approximate surface area is 201 Å². The van der Waals surface area contributed by atoms with Gasteiger partial charge in [0.15, 0.2) is 0 Å². The normalized spacial score (nSPS) is 17.9. The summed E-state index contributed by atoms with van der Waals surface area (Å²) in [5, 5.41) is 0.357. The fourth-order valence-electron chi connectivity index (χ4n) is 4.64. The molecule has 0 spiro atoms. The summed E-state index contributed by atoms with van der Waals surface area (Å²) in [6.45, 7) is 12.2. The second-order valence-corrected chi connectivity index (χ2v) is 9.20. The number of anilines is 1. The van der Waals surface area contributed by atoms with Gasteiger partial charge in [-0.2, -0.15) is 0 Å². The molecule has 1 atom stereocenters. The predicted molar refractivity (Wildman–Crippen MR) is 133 cm³/mol. The van der Waals surface area contributed by atoms with Crippen molar-refractivity contribution in [2.75, 3.05) is 57.3 Å². The molecule has 0 saturated carbocycles. The maximum atomic E-state index is 12.9. The Morgan fingerprint density at radius 3 is 2.61 bits per heavy atom. The van der Waals surface area contributed by atoms with Crippen LogP contribution in [-0.2, 0) is 4.74 Å². The number of amides is 1. The third kappa shape index (κ3) is 6.14. The summed E-state index contributed by atoms with van der Waals surface area (Å²) in [5.74, 6) is 0.0137. The second-order valence-electron chi connectivity index (χ2n) is 8.81. The summed E-state index contributed by atoms with van der Waals surface area (Å²) in [7, 11) is 0. The molecule has 7 heteroatoms. The number of rotatable bonds is 8. The lowest BCUT2D eigenvalue weighted by molar-refractivity contribution is 0.0245. The molecule has 2 aliphatic heterocycles. The highest BCUT2D eigenvalue weighted by molar-refractivity contribution is 6.29. The van der Waals surface area contributed by atoms with E-state index in [4.69, 9.17) is 16.3 Å². The lowest BCUT2D eigenvalue weighted by Gasteiger charge is -2.36. The topological polar surface area (TPSA) is 48.9 Å². The molecule has 6 nitrogen and oxygen atoms in total. The number of hydrogen-bond acceptors (Lipinski definition) is 5.